The maximum Gasteiger partial charge on any atom is 0.253 e. The van der Waals surface area contributed by atoms with E-state index in [0.29, 0.717) is 23.4 Å². The monoisotopic (exact) mass is 450 g/mol. The minimum Gasteiger partial charge on any atom is -0.398 e. The third-order valence-electron chi connectivity index (χ3n) is 5.10. The predicted molar refractivity (Wildman–Crippen MR) is 138 cm³/mol. The Hall–Kier alpha value is -3.38. The number of benzene rings is 2. The third-order valence-corrected chi connectivity index (χ3v) is 5.10. The van der Waals surface area contributed by atoms with Crippen molar-refractivity contribution < 1.29 is 9.59 Å². The molecule has 0 saturated heterocycles. The normalized spacial score (nSPS) is 11.8. The van der Waals surface area contributed by atoms with Gasteiger partial charge in [0.1, 0.15) is 0 Å². The number of nitrogens with one attached hydrogen (secondary N) is 1. The van der Waals surface area contributed by atoms with Crippen LogP contribution in [0.4, 0.5) is 0 Å². The summed E-state index contributed by atoms with van der Waals surface area (Å²) in [5.74, 6) is -0.469. The molecule has 0 saturated carbocycles. The summed E-state index contributed by atoms with van der Waals surface area (Å²) >= 11 is 0. The Morgan fingerprint density at radius 1 is 0.939 bits per heavy atom. The van der Waals surface area contributed by atoms with Gasteiger partial charge in [0.2, 0.25) is 5.91 Å². The van der Waals surface area contributed by atoms with Crippen LogP contribution in [-0.2, 0) is 9.59 Å². The summed E-state index contributed by atoms with van der Waals surface area (Å²) < 4.78 is 0. The van der Waals surface area contributed by atoms with Crippen molar-refractivity contribution in [1.29, 1.82) is 0 Å². The van der Waals surface area contributed by atoms with Crippen LogP contribution in [0.1, 0.15) is 44.7 Å². The van der Waals surface area contributed by atoms with E-state index in [4.69, 9.17) is 11.5 Å². The quantitative estimate of drug-likeness (QED) is 0.291. The zero-order valence-corrected chi connectivity index (χ0v) is 20.3. The summed E-state index contributed by atoms with van der Waals surface area (Å²) in [5.41, 5.74) is 14.6. The van der Waals surface area contributed by atoms with Gasteiger partial charge in [0.25, 0.3) is 5.91 Å². The number of unbranched alkanes of at least 4 members (excludes halogenated alkanes) is 1. The van der Waals surface area contributed by atoms with Crippen molar-refractivity contribution in [1.82, 2.24) is 10.2 Å². The van der Waals surface area contributed by atoms with Crippen molar-refractivity contribution in [2.45, 2.75) is 33.6 Å². The topological polar surface area (TPSA) is 101 Å². The number of amides is 2. The second-order valence-corrected chi connectivity index (χ2v) is 7.67. The Morgan fingerprint density at radius 3 is 1.97 bits per heavy atom. The number of carbonyl (C=O) groups excluding carboxylic acids is 2. The van der Waals surface area contributed by atoms with E-state index in [2.05, 4.69) is 24.2 Å². The number of nitrogens with two attached hydrogens (primary N) is 2. The number of carbonyl (C=O) groups is 2. The molecule has 0 bridgehead atoms. The Bertz CT molecular complexity index is 922. The first-order valence-electron chi connectivity index (χ1n) is 11.4. The zero-order valence-electron chi connectivity index (χ0n) is 20.3. The molecule has 0 atom stereocenters. The summed E-state index contributed by atoms with van der Waals surface area (Å²) in [6.07, 6.45) is 3.92. The second kappa shape index (κ2) is 15.4. The molecule has 2 aromatic carbocycles. The summed E-state index contributed by atoms with van der Waals surface area (Å²) in [5, 5.41) is 2.82. The molecule has 0 aliphatic carbocycles. The van der Waals surface area contributed by atoms with E-state index in [9.17, 15) is 9.59 Å². The van der Waals surface area contributed by atoms with Crippen LogP contribution in [0.5, 0.6) is 0 Å². The van der Waals surface area contributed by atoms with E-state index in [1.165, 1.54) is 0 Å². The minimum absolute atomic E-state index is 0.153. The van der Waals surface area contributed by atoms with Gasteiger partial charge in [0.05, 0.1) is 11.3 Å². The van der Waals surface area contributed by atoms with E-state index >= 15 is 0 Å². The highest BCUT2D eigenvalue weighted by atomic mass is 16.2. The van der Waals surface area contributed by atoms with Gasteiger partial charge >= 0.3 is 0 Å². The van der Waals surface area contributed by atoms with Crippen LogP contribution in [-0.4, -0.2) is 43.4 Å². The van der Waals surface area contributed by atoms with E-state index in [1.54, 1.807) is 6.92 Å². The Balaban J connectivity index is 0.000000366. The lowest BCUT2D eigenvalue weighted by molar-refractivity contribution is -0.115. The van der Waals surface area contributed by atoms with Crippen molar-refractivity contribution >= 4 is 23.1 Å². The average Bonchev–Trinajstić information content (AvgIpc) is 2.83. The molecule has 2 amide bonds. The van der Waals surface area contributed by atoms with Gasteiger partial charge in [-0.05, 0) is 58.0 Å². The molecule has 2 aromatic rings. The van der Waals surface area contributed by atoms with E-state index in [0.717, 1.165) is 37.1 Å². The number of allylic oxidation sites excluding steroid dienone is 1. The van der Waals surface area contributed by atoms with Gasteiger partial charge in [0, 0.05) is 12.1 Å². The molecule has 0 heterocycles. The first kappa shape index (κ1) is 27.7. The molecule has 0 fully saturated rings. The first-order chi connectivity index (χ1) is 15.8. The average molecular weight is 451 g/mol. The van der Waals surface area contributed by atoms with Crippen molar-refractivity contribution in [3.05, 3.63) is 83.4 Å². The van der Waals surface area contributed by atoms with Crippen LogP contribution in [0.3, 0.4) is 0 Å². The zero-order chi connectivity index (χ0) is 24.6. The van der Waals surface area contributed by atoms with Crippen molar-refractivity contribution in [3.8, 4) is 0 Å². The summed E-state index contributed by atoms with van der Waals surface area (Å²) in [6, 6.07) is 19.0. The standard InChI is InChI=1S/C17H18N2O.C10H20N2O/c1-2-19-17(20)15(13-9-5-3-6-10-13)16(18)14-11-7-4-8-12-14;1-4-12(3)8-6-5-7-9(2)10(11)13/h3-12H,2,18H2,1H3,(H,19,20);7H,4-6,8H2,1-3H3,(H2,11,13)/b16-15+;9-7+. The third kappa shape index (κ3) is 10.2. The molecule has 6 nitrogen and oxygen atoms in total. The molecule has 6 heteroatoms. The number of hydrogen-bond donors (Lipinski definition) is 3. The molecule has 2 rings (SSSR count). The molecule has 0 radical (unpaired) electrons. The lowest BCUT2D eigenvalue weighted by Crippen LogP contribution is -2.25. The highest BCUT2D eigenvalue weighted by Crippen LogP contribution is 2.22. The summed E-state index contributed by atoms with van der Waals surface area (Å²) in [7, 11) is 2.09. The molecule has 5 N–H and O–H groups in total. The smallest absolute Gasteiger partial charge is 0.253 e. The Kier molecular flexibility index (Phi) is 12.9. The largest absolute Gasteiger partial charge is 0.398 e. The highest BCUT2D eigenvalue weighted by Gasteiger charge is 2.16. The van der Waals surface area contributed by atoms with Crippen molar-refractivity contribution in [3.63, 3.8) is 0 Å². The lowest BCUT2D eigenvalue weighted by Gasteiger charge is -2.12. The van der Waals surface area contributed by atoms with Gasteiger partial charge in [-0.2, -0.15) is 0 Å². The molecule has 0 spiro atoms. The van der Waals surface area contributed by atoms with Crippen molar-refractivity contribution in [2.24, 2.45) is 11.5 Å². The summed E-state index contributed by atoms with van der Waals surface area (Å²) in [6.45, 7) is 8.48. The fourth-order valence-corrected chi connectivity index (χ4v) is 2.96. The molecular formula is C27H38N4O2. The molecule has 33 heavy (non-hydrogen) atoms. The molecule has 0 aliphatic rings. The van der Waals surface area contributed by atoms with Gasteiger partial charge in [-0.15, -0.1) is 0 Å². The Labute approximate surface area is 198 Å². The van der Waals surface area contributed by atoms with E-state index in [-0.39, 0.29) is 11.8 Å². The fraction of sp³-hybridized carbons (Fsp3) is 0.333. The number of rotatable bonds is 10. The van der Waals surface area contributed by atoms with Crippen molar-refractivity contribution in [2.75, 3.05) is 26.7 Å². The number of nitrogens with zero attached hydrogens (tertiary/aromatic N) is 1. The Morgan fingerprint density at radius 2 is 1.48 bits per heavy atom. The molecule has 0 unspecified atom stereocenters. The van der Waals surface area contributed by atoms with Crippen LogP contribution in [0.25, 0.3) is 11.3 Å². The number of likely N-dealkylation sites (N-methyl/N-ethyl adjacent to an activating group) is 1. The molecule has 0 aromatic heterocycles. The van der Waals surface area contributed by atoms with Crippen LogP contribution in [0.15, 0.2) is 72.3 Å². The lowest BCUT2D eigenvalue weighted by atomic mass is 9.99. The first-order valence-corrected chi connectivity index (χ1v) is 11.4. The predicted octanol–water partition coefficient (Wildman–Crippen LogP) is 3.80. The van der Waals surface area contributed by atoms with Crippen LogP contribution in [0.2, 0.25) is 0 Å². The van der Waals surface area contributed by atoms with Gasteiger partial charge < -0.3 is 21.7 Å². The minimum atomic E-state index is -0.316. The molecule has 0 aliphatic heterocycles. The maximum atomic E-state index is 12.3. The number of primary amides is 1. The van der Waals surface area contributed by atoms with Gasteiger partial charge in [-0.3, -0.25) is 9.59 Å². The maximum absolute atomic E-state index is 12.3. The molecule has 178 valence electrons. The van der Waals surface area contributed by atoms with Gasteiger partial charge in [-0.25, -0.2) is 0 Å². The van der Waals surface area contributed by atoms with Crippen LogP contribution < -0.4 is 16.8 Å². The highest BCUT2D eigenvalue weighted by molar-refractivity contribution is 6.26. The number of hydrogen-bond acceptors (Lipinski definition) is 4. The second-order valence-electron chi connectivity index (χ2n) is 7.67. The van der Waals surface area contributed by atoms with Crippen LogP contribution >= 0.6 is 0 Å². The fourth-order valence-electron chi connectivity index (χ4n) is 2.96. The summed E-state index contributed by atoms with van der Waals surface area (Å²) in [4.78, 5) is 25.2. The van der Waals surface area contributed by atoms with Crippen LogP contribution in [0, 0.1) is 0 Å². The van der Waals surface area contributed by atoms with Gasteiger partial charge in [0.15, 0.2) is 0 Å². The SMILES string of the molecule is CCN(C)CCC/C=C(\C)C(N)=O.CCNC(=O)/C(=C(/N)c1ccccc1)c1ccccc1. The molecular weight excluding hydrogens is 412 g/mol. The van der Waals surface area contributed by atoms with E-state index < -0.39 is 0 Å². The van der Waals surface area contributed by atoms with E-state index in [1.807, 2.05) is 73.7 Å². The van der Waals surface area contributed by atoms with Gasteiger partial charge in [-0.1, -0.05) is 73.7 Å².